The topological polar surface area (TPSA) is 65.5 Å². The highest BCUT2D eigenvalue weighted by atomic mass is 127. The Balaban J connectivity index is 0.00000441. The highest BCUT2D eigenvalue weighted by Gasteiger charge is 2.34. The molecular weight excluding hydrogens is 391 g/mol. The average molecular weight is 424 g/mol. The van der Waals surface area contributed by atoms with E-state index in [1.165, 1.54) is 25.7 Å². The van der Waals surface area contributed by atoms with Crippen molar-refractivity contribution in [2.45, 2.75) is 65.3 Å². The van der Waals surface area contributed by atoms with Gasteiger partial charge in [-0.25, -0.2) is 0 Å². The highest BCUT2D eigenvalue weighted by molar-refractivity contribution is 14.0. The molecule has 0 bridgehead atoms. The van der Waals surface area contributed by atoms with E-state index < -0.39 is 0 Å². The molecule has 22 heavy (non-hydrogen) atoms. The zero-order valence-corrected chi connectivity index (χ0v) is 16.8. The summed E-state index contributed by atoms with van der Waals surface area (Å²) in [5, 5.41) is 9.58. The molecule has 1 atom stereocenters. The number of carbonyl (C=O) groups excluding carboxylic acids is 1. The lowest BCUT2D eigenvalue weighted by Crippen LogP contribution is -2.46. The number of halogens is 1. The fraction of sp³-hybridized carbons (Fsp3) is 0.875. The number of hydrogen-bond acceptors (Lipinski definition) is 2. The monoisotopic (exact) mass is 424 g/mol. The summed E-state index contributed by atoms with van der Waals surface area (Å²) < 4.78 is 0. The van der Waals surface area contributed by atoms with Crippen molar-refractivity contribution in [3.8, 4) is 0 Å². The van der Waals surface area contributed by atoms with Gasteiger partial charge >= 0.3 is 0 Å². The van der Waals surface area contributed by atoms with Crippen LogP contribution in [0.1, 0.15) is 59.3 Å². The molecular formula is C16H33IN4O. The summed E-state index contributed by atoms with van der Waals surface area (Å²) in [5.74, 6) is 0.891. The number of guanidine groups is 1. The molecule has 6 heteroatoms. The average Bonchev–Trinajstić information content (AvgIpc) is 2.44. The minimum absolute atomic E-state index is 0. The second-order valence-corrected chi connectivity index (χ2v) is 6.19. The van der Waals surface area contributed by atoms with E-state index in [1.54, 1.807) is 7.05 Å². The van der Waals surface area contributed by atoms with Crippen LogP contribution in [0.2, 0.25) is 0 Å². The first-order chi connectivity index (χ1) is 10.0. The molecule has 0 aliphatic heterocycles. The van der Waals surface area contributed by atoms with Crippen molar-refractivity contribution in [1.29, 1.82) is 0 Å². The normalized spacial score (nSPS) is 17.7. The molecule has 0 aromatic heterocycles. The maximum absolute atomic E-state index is 11.7. The van der Waals surface area contributed by atoms with Crippen LogP contribution < -0.4 is 16.0 Å². The molecule has 0 heterocycles. The van der Waals surface area contributed by atoms with Crippen molar-refractivity contribution in [3.63, 3.8) is 0 Å². The molecule has 0 aromatic rings. The maximum atomic E-state index is 11.7. The highest BCUT2D eigenvalue weighted by Crippen LogP contribution is 2.42. The molecule has 130 valence electrons. The van der Waals surface area contributed by atoms with E-state index >= 15 is 0 Å². The van der Waals surface area contributed by atoms with Crippen molar-refractivity contribution in [1.82, 2.24) is 16.0 Å². The van der Waals surface area contributed by atoms with Gasteiger partial charge in [0.05, 0.1) is 0 Å². The molecule has 1 amide bonds. The molecule has 1 aliphatic rings. The number of nitrogens with zero attached hydrogens (tertiary/aromatic N) is 1. The molecule has 5 nitrogen and oxygen atoms in total. The Kier molecular flexibility index (Phi) is 10.8. The number of hydrogen-bond donors (Lipinski definition) is 3. The van der Waals surface area contributed by atoms with E-state index in [9.17, 15) is 4.79 Å². The number of rotatable bonds is 8. The zero-order valence-electron chi connectivity index (χ0n) is 14.5. The van der Waals surface area contributed by atoms with E-state index in [1.807, 2.05) is 6.92 Å². The van der Waals surface area contributed by atoms with Gasteiger partial charge in [-0.15, -0.1) is 24.0 Å². The predicted octanol–water partition coefficient (Wildman–Crippen LogP) is 2.65. The van der Waals surface area contributed by atoms with Crippen molar-refractivity contribution in [2.75, 3.05) is 20.1 Å². The second-order valence-electron chi connectivity index (χ2n) is 6.19. The van der Waals surface area contributed by atoms with Gasteiger partial charge in [0.2, 0.25) is 5.91 Å². The van der Waals surface area contributed by atoms with Crippen LogP contribution in [-0.2, 0) is 4.79 Å². The second kappa shape index (κ2) is 11.1. The third-order valence-corrected chi connectivity index (χ3v) is 4.68. The van der Waals surface area contributed by atoms with Gasteiger partial charge in [-0.3, -0.25) is 9.79 Å². The van der Waals surface area contributed by atoms with Gasteiger partial charge < -0.3 is 16.0 Å². The lowest BCUT2D eigenvalue weighted by atomic mass is 9.67. The maximum Gasteiger partial charge on any atom is 0.221 e. The molecule has 1 rings (SSSR count). The Hall–Kier alpha value is -0.530. The largest absolute Gasteiger partial charge is 0.356 e. The molecule has 0 saturated heterocycles. The van der Waals surface area contributed by atoms with E-state index in [0.717, 1.165) is 18.9 Å². The van der Waals surface area contributed by atoms with Crippen LogP contribution >= 0.6 is 24.0 Å². The fourth-order valence-electron chi connectivity index (χ4n) is 2.57. The van der Waals surface area contributed by atoms with Crippen LogP contribution in [0.4, 0.5) is 0 Å². The standard InChI is InChI=1S/C16H32N4O.HI/c1-5-13(3)20-14(21)8-11-18-15(17-4)19-12-16(6-2)9-7-10-16;/h13H,5-12H2,1-4H3,(H,20,21)(H2,17,18,19);1H. The van der Waals surface area contributed by atoms with Crippen molar-refractivity contribution in [3.05, 3.63) is 0 Å². The van der Waals surface area contributed by atoms with Crippen LogP contribution in [0.15, 0.2) is 4.99 Å². The van der Waals surface area contributed by atoms with Crippen LogP contribution in [0.25, 0.3) is 0 Å². The molecule has 1 unspecified atom stereocenters. The van der Waals surface area contributed by atoms with Crippen molar-refractivity contribution in [2.24, 2.45) is 10.4 Å². The molecule has 1 fully saturated rings. The first-order valence-electron chi connectivity index (χ1n) is 8.29. The Morgan fingerprint density at radius 1 is 1.27 bits per heavy atom. The van der Waals surface area contributed by atoms with Crippen molar-refractivity contribution < 1.29 is 4.79 Å². The molecule has 1 aliphatic carbocycles. The van der Waals surface area contributed by atoms with E-state index in [0.29, 0.717) is 18.4 Å². The van der Waals surface area contributed by atoms with Crippen LogP contribution in [0.3, 0.4) is 0 Å². The number of nitrogens with one attached hydrogen (secondary N) is 3. The van der Waals surface area contributed by atoms with E-state index in [2.05, 4.69) is 34.8 Å². The Morgan fingerprint density at radius 2 is 1.95 bits per heavy atom. The van der Waals surface area contributed by atoms with Gasteiger partial charge in [0.15, 0.2) is 5.96 Å². The lowest BCUT2D eigenvalue weighted by Gasteiger charge is -2.41. The van der Waals surface area contributed by atoms with Gasteiger partial charge in [-0.2, -0.15) is 0 Å². The van der Waals surface area contributed by atoms with Gasteiger partial charge in [0.25, 0.3) is 0 Å². The first kappa shape index (κ1) is 21.5. The SMILES string of the molecule is CCC(C)NC(=O)CCNC(=NC)NCC1(CC)CCC1.I. The predicted molar refractivity (Wildman–Crippen MR) is 104 cm³/mol. The summed E-state index contributed by atoms with van der Waals surface area (Å²) in [5.41, 5.74) is 0.464. The summed E-state index contributed by atoms with van der Waals surface area (Å²) in [7, 11) is 1.77. The number of aliphatic imine (C=N–C) groups is 1. The van der Waals surface area contributed by atoms with Crippen LogP contribution in [-0.4, -0.2) is 38.0 Å². The van der Waals surface area contributed by atoms with Gasteiger partial charge in [-0.1, -0.05) is 20.3 Å². The van der Waals surface area contributed by atoms with Gasteiger partial charge in [0, 0.05) is 32.6 Å². The van der Waals surface area contributed by atoms with Gasteiger partial charge in [-0.05, 0) is 38.0 Å². The zero-order chi connectivity index (χ0) is 15.7. The summed E-state index contributed by atoms with van der Waals surface area (Å²) in [4.78, 5) is 15.9. The fourth-order valence-corrected chi connectivity index (χ4v) is 2.57. The third kappa shape index (κ3) is 7.15. The minimum atomic E-state index is 0. The molecule has 0 spiro atoms. The van der Waals surface area contributed by atoms with Gasteiger partial charge in [0.1, 0.15) is 0 Å². The molecule has 0 aromatic carbocycles. The van der Waals surface area contributed by atoms with E-state index in [-0.39, 0.29) is 35.9 Å². The summed E-state index contributed by atoms with van der Waals surface area (Å²) in [6.07, 6.45) is 6.62. The lowest BCUT2D eigenvalue weighted by molar-refractivity contribution is -0.121. The summed E-state index contributed by atoms with van der Waals surface area (Å²) in [6, 6.07) is 0.248. The van der Waals surface area contributed by atoms with Crippen LogP contribution in [0.5, 0.6) is 0 Å². The number of carbonyl (C=O) groups is 1. The van der Waals surface area contributed by atoms with Crippen LogP contribution in [0, 0.1) is 5.41 Å². The smallest absolute Gasteiger partial charge is 0.221 e. The first-order valence-corrected chi connectivity index (χ1v) is 8.29. The van der Waals surface area contributed by atoms with E-state index in [4.69, 9.17) is 0 Å². The number of amides is 1. The molecule has 1 saturated carbocycles. The van der Waals surface area contributed by atoms with Crippen molar-refractivity contribution >= 4 is 35.8 Å². The molecule has 0 radical (unpaired) electrons. The Labute approximate surface area is 152 Å². The summed E-state index contributed by atoms with van der Waals surface area (Å²) in [6.45, 7) is 7.94. The molecule has 3 N–H and O–H groups in total. The Morgan fingerprint density at radius 3 is 2.41 bits per heavy atom. The quantitative estimate of drug-likeness (QED) is 0.319. The minimum Gasteiger partial charge on any atom is -0.356 e. The third-order valence-electron chi connectivity index (χ3n) is 4.68. The summed E-state index contributed by atoms with van der Waals surface area (Å²) >= 11 is 0. The Bertz CT molecular complexity index is 351.